The van der Waals surface area contributed by atoms with Crippen LogP contribution in [0.4, 0.5) is 14.5 Å². The van der Waals surface area contributed by atoms with Crippen LogP contribution in [-0.4, -0.2) is 37.4 Å². The Morgan fingerprint density at radius 1 is 1.22 bits per heavy atom. The molecule has 3 rings (SSSR count). The van der Waals surface area contributed by atoms with Gasteiger partial charge in [-0.3, -0.25) is 4.79 Å². The van der Waals surface area contributed by atoms with Crippen LogP contribution in [0.25, 0.3) is 0 Å². The molecule has 1 N–H and O–H groups in total. The van der Waals surface area contributed by atoms with Gasteiger partial charge in [0.2, 0.25) is 0 Å². The van der Waals surface area contributed by atoms with E-state index in [1.807, 2.05) is 0 Å². The SMILES string of the molecule is O=C(Nc1cc(F)cc(F)c1)C1=CC=CN2CCS(=O)(=O)N=C12. The molecule has 0 aliphatic carbocycles. The van der Waals surface area contributed by atoms with Crippen molar-refractivity contribution in [2.75, 3.05) is 17.6 Å². The van der Waals surface area contributed by atoms with Gasteiger partial charge in [-0.25, -0.2) is 17.2 Å². The second-order valence-corrected chi connectivity index (χ2v) is 6.68. The molecule has 2 aliphatic rings. The second-order valence-electron chi connectivity index (χ2n) is 4.93. The van der Waals surface area contributed by atoms with Crippen molar-refractivity contribution in [1.29, 1.82) is 0 Å². The summed E-state index contributed by atoms with van der Waals surface area (Å²) in [4.78, 5) is 13.8. The molecule has 1 amide bonds. The van der Waals surface area contributed by atoms with E-state index in [1.165, 1.54) is 11.0 Å². The highest BCUT2D eigenvalue weighted by atomic mass is 32.2. The van der Waals surface area contributed by atoms with E-state index in [0.717, 1.165) is 12.1 Å². The molecule has 2 heterocycles. The number of anilines is 1. The molecule has 0 bridgehead atoms. The highest BCUT2D eigenvalue weighted by molar-refractivity contribution is 7.90. The Balaban J connectivity index is 1.91. The van der Waals surface area contributed by atoms with E-state index in [2.05, 4.69) is 9.71 Å². The fraction of sp³-hybridized carbons (Fsp3) is 0.143. The van der Waals surface area contributed by atoms with Gasteiger partial charge in [-0.2, -0.15) is 0 Å². The van der Waals surface area contributed by atoms with Gasteiger partial charge in [-0.05, 0) is 24.3 Å². The molecule has 1 aromatic rings. The van der Waals surface area contributed by atoms with Gasteiger partial charge in [-0.1, -0.05) is 0 Å². The van der Waals surface area contributed by atoms with Crippen molar-refractivity contribution in [2.24, 2.45) is 4.40 Å². The third-order valence-corrected chi connectivity index (χ3v) is 4.37. The van der Waals surface area contributed by atoms with Crippen LogP contribution in [0, 0.1) is 11.6 Å². The first-order valence-electron chi connectivity index (χ1n) is 6.60. The van der Waals surface area contributed by atoms with E-state index in [-0.39, 0.29) is 29.4 Å². The van der Waals surface area contributed by atoms with Crippen molar-refractivity contribution in [1.82, 2.24) is 4.90 Å². The number of nitrogens with zero attached hydrogens (tertiary/aromatic N) is 2. The van der Waals surface area contributed by atoms with Gasteiger partial charge in [-0.15, -0.1) is 4.40 Å². The Morgan fingerprint density at radius 3 is 2.61 bits per heavy atom. The van der Waals surface area contributed by atoms with Crippen molar-refractivity contribution in [2.45, 2.75) is 0 Å². The summed E-state index contributed by atoms with van der Waals surface area (Å²) in [5.74, 6) is -2.53. The molecule has 0 spiro atoms. The van der Waals surface area contributed by atoms with E-state index < -0.39 is 27.6 Å². The van der Waals surface area contributed by atoms with Crippen molar-refractivity contribution < 1.29 is 22.0 Å². The maximum atomic E-state index is 13.2. The van der Waals surface area contributed by atoms with Crippen molar-refractivity contribution in [3.63, 3.8) is 0 Å². The van der Waals surface area contributed by atoms with Gasteiger partial charge >= 0.3 is 0 Å². The molecule has 0 saturated carbocycles. The normalized spacial score (nSPS) is 18.8. The highest BCUT2D eigenvalue weighted by Gasteiger charge is 2.30. The summed E-state index contributed by atoms with van der Waals surface area (Å²) in [6.07, 6.45) is 4.56. The summed E-state index contributed by atoms with van der Waals surface area (Å²) >= 11 is 0. The number of fused-ring (bicyclic) bond motifs is 1. The molecule has 0 fully saturated rings. The fourth-order valence-electron chi connectivity index (χ4n) is 2.22. The molecule has 9 heteroatoms. The minimum Gasteiger partial charge on any atom is -0.331 e. The zero-order valence-electron chi connectivity index (χ0n) is 11.7. The predicted molar refractivity (Wildman–Crippen MR) is 80.1 cm³/mol. The molecule has 1 aromatic carbocycles. The largest absolute Gasteiger partial charge is 0.331 e. The Kier molecular flexibility index (Phi) is 3.72. The number of rotatable bonds is 2. The van der Waals surface area contributed by atoms with Gasteiger partial charge in [0.25, 0.3) is 15.9 Å². The number of hydrogen-bond donors (Lipinski definition) is 1. The molecule has 0 atom stereocenters. The lowest BCUT2D eigenvalue weighted by atomic mass is 10.1. The van der Waals surface area contributed by atoms with E-state index in [4.69, 9.17) is 0 Å². The average Bonchev–Trinajstić information content (AvgIpc) is 2.44. The molecule has 120 valence electrons. The number of carbonyl (C=O) groups is 1. The van der Waals surface area contributed by atoms with Crippen LogP contribution >= 0.6 is 0 Å². The Bertz CT molecular complexity index is 855. The lowest BCUT2D eigenvalue weighted by Gasteiger charge is -2.28. The standard InChI is InChI=1S/C14H11F2N3O3S/c15-9-6-10(16)8-11(7-9)17-14(20)12-2-1-3-19-4-5-23(21,22)18-13(12)19/h1-3,6-8H,4-5H2,(H,17,20). The molecule has 23 heavy (non-hydrogen) atoms. The highest BCUT2D eigenvalue weighted by Crippen LogP contribution is 2.20. The van der Waals surface area contributed by atoms with Crippen LogP contribution in [-0.2, 0) is 14.8 Å². The first kappa shape index (κ1) is 15.3. The van der Waals surface area contributed by atoms with Crippen LogP contribution in [0.3, 0.4) is 0 Å². The summed E-state index contributed by atoms with van der Waals surface area (Å²) in [5, 5.41) is 2.33. The number of amidine groups is 1. The molecule has 0 saturated heterocycles. The van der Waals surface area contributed by atoms with E-state index in [9.17, 15) is 22.0 Å². The minimum atomic E-state index is -3.63. The first-order chi connectivity index (χ1) is 10.8. The average molecular weight is 339 g/mol. The van der Waals surface area contributed by atoms with Gasteiger partial charge in [0.05, 0.1) is 11.3 Å². The third-order valence-electron chi connectivity index (χ3n) is 3.22. The zero-order chi connectivity index (χ0) is 16.6. The van der Waals surface area contributed by atoms with Crippen molar-refractivity contribution in [3.8, 4) is 0 Å². The molecule has 0 radical (unpaired) electrons. The lowest BCUT2D eigenvalue weighted by molar-refractivity contribution is -0.112. The van der Waals surface area contributed by atoms with Gasteiger partial charge in [0.1, 0.15) is 11.6 Å². The number of hydrogen-bond acceptors (Lipinski definition) is 4. The first-order valence-corrected chi connectivity index (χ1v) is 8.20. The summed E-state index contributed by atoms with van der Waals surface area (Å²) in [5.41, 5.74) is -0.0748. The van der Waals surface area contributed by atoms with E-state index in [1.54, 1.807) is 12.3 Å². The number of benzene rings is 1. The molecule has 0 aromatic heterocycles. The summed E-state index contributed by atoms with van der Waals surface area (Å²) in [7, 11) is -3.63. The second kappa shape index (κ2) is 5.58. The maximum Gasteiger partial charge on any atom is 0.259 e. The molecule has 0 unspecified atom stereocenters. The molecular weight excluding hydrogens is 328 g/mol. The van der Waals surface area contributed by atoms with Gasteiger partial charge in [0.15, 0.2) is 5.84 Å². The number of halogens is 2. The van der Waals surface area contributed by atoms with Gasteiger partial charge < -0.3 is 10.2 Å². The summed E-state index contributed by atoms with van der Waals surface area (Å²) in [6.45, 7) is 0.177. The van der Waals surface area contributed by atoms with E-state index >= 15 is 0 Å². The van der Waals surface area contributed by atoms with Crippen molar-refractivity contribution in [3.05, 3.63) is 53.8 Å². The molecule has 2 aliphatic heterocycles. The predicted octanol–water partition coefficient (Wildman–Crippen LogP) is 1.40. The molecular formula is C14H11F2N3O3S. The van der Waals surface area contributed by atoms with E-state index in [0.29, 0.717) is 6.07 Å². The zero-order valence-corrected chi connectivity index (χ0v) is 12.5. The minimum absolute atomic E-state index is 0.000411. The number of nitrogens with one attached hydrogen (secondary N) is 1. The number of amides is 1. The van der Waals surface area contributed by atoms with Crippen LogP contribution in [0.2, 0.25) is 0 Å². The Morgan fingerprint density at radius 2 is 1.91 bits per heavy atom. The van der Waals surface area contributed by atoms with Gasteiger partial charge in [0, 0.05) is 24.5 Å². The quantitative estimate of drug-likeness (QED) is 0.883. The number of allylic oxidation sites excluding steroid dienone is 2. The number of sulfonamides is 1. The van der Waals surface area contributed by atoms with Crippen molar-refractivity contribution >= 4 is 27.5 Å². The smallest absolute Gasteiger partial charge is 0.259 e. The van der Waals surface area contributed by atoms with Crippen LogP contribution in [0.1, 0.15) is 0 Å². The van der Waals surface area contributed by atoms with Crippen LogP contribution in [0.5, 0.6) is 0 Å². The third kappa shape index (κ3) is 3.29. The topological polar surface area (TPSA) is 78.8 Å². The summed E-state index contributed by atoms with van der Waals surface area (Å²) in [6, 6.07) is 2.59. The number of carbonyl (C=O) groups excluding carboxylic acids is 1. The lowest BCUT2D eigenvalue weighted by Crippen LogP contribution is -2.40. The monoisotopic (exact) mass is 339 g/mol. The Labute approximate surface area is 130 Å². The Hall–Kier alpha value is -2.55. The maximum absolute atomic E-state index is 13.2. The summed E-state index contributed by atoms with van der Waals surface area (Å²) < 4.78 is 53.2. The fourth-order valence-corrected chi connectivity index (χ4v) is 3.20. The van der Waals surface area contributed by atoms with Crippen LogP contribution in [0.15, 0.2) is 46.5 Å². The molecule has 6 nitrogen and oxygen atoms in total. The van der Waals surface area contributed by atoms with Crippen LogP contribution < -0.4 is 5.32 Å².